The van der Waals surface area contributed by atoms with Crippen molar-refractivity contribution in [2.75, 3.05) is 18.5 Å². The summed E-state index contributed by atoms with van der Waals surface area (Å²) in [4.78, 5) is 40.5. The van der Waals surface area contributed by atoms with Crippen molar-refractivity contribution in [2.24, 2.45) is 17.3 Å². The molecule has 0 unspecified atom stereocenters. The van der Waals surface area contributed by atoms with Crippen LogP contribution in [-0.2, 0) is 19.1 Å². The number of hydrogen-bond donors (Lipinski definition) is 2. The molecule has 0 saturated heterocycles. The molecule has 3 atom stereocenters. The number of nitrogens with one attached hydrogen (secondary N) is 1. The molecule has 2 amide bonds. The van der Waals surface area contributed by atoms with Crippen molar-refractivity contribution < 1.29 is 24.2 Å². The molecule has 2 N–H and O–H groups in total. The fourth-order valence-corrected chi connectivity index (χ4v) is 6.76. The Morgan fingerprint density at radius 1 is 1.18 bits per heavy atom. The Labute approximate surface area is 202 Å². The Hall–Kier alpha value is -2.41. The van der Waals surface area contributed by atoms with Crippen molar-refractivity contribution in [3.05, 3.63) is 29.3 Å². The molecule has 4 fully saturated rings. The van der Waals surface area contributed by atoms with Crippen LogP contribution >= 0.6 is 0 Å². The first-order chi connectivity index (χ1) is 16.0. The van der Waals surface area contributed by atoms with Crippen LogP contribution in [0.4, 0.5) is 5.69 Å². The van der Waals surface area contributed by atoms with Gasteiger partial charge in [0, 0.05) is 11.7 Å². The fourth-order valence-electron chi connectivity index (χ4n) is 6.76. The highest BCUT2D eigenvalue weighted by Crippen LogP contribution is 2.61. The van der Waals surface area contributed by atoms with Gasteiger partial charge in [0.2, 0.25) is 5.91 Å². The Morgan fingerprint density at radius 3 is 2.47 bits per heavy atom. The van der Waals surface area contributed by atoms with Gasteiger partial charge < -0.3 is 20.1 Å². The number of esters is 1. The maximum atomic E-state index is 13.2. The summed E-state index contributed by atoms with van der Waals surface area (Å²) in [5.74, 6) is -0.295. The summed E-state index contributed by atoms with van der Waals surface area (Å²) in [5.41, 5.74) is 1.37. The van der Waals surface area contributed by atoms with E-state index in [0.717, 1.165) is 48.9 Å². The van der Waals surface area contributed by atoms with Gasteiger partial charge in [-0.1, -0.05) is 19.1 Å². The van der Waals surface area contributed by atoms with E-state index in [4.69, 9.17) is 4.74 Å². The van der Waals surface area contributed by atoms with Crippen LogP contribution in [0.1, 0.15) is 69.9 Å². The highest BCUT2D eigenvalue weighted by atomic mass is 16.5. The van der Waals surface area contributed by atoms with Crippen molar-refractivity contribution in [3.63, 3.8) is 0 Å². The van der Waals surface area contributed by atoms with Gasteiger partial charge in [-0.15, -0.1) is 0 Å². The van der Waals surface area contributed by atoms with E-state index in [1.807, 2.05) is 45.9 Å². The van der Waals surface area contributed by atoms with Gasteiger partial charge in [0.1, 0.15) is 6.54 Å². The van der Waals surface area contributed by atoms with Crippen LogP contribution in [0.3, 0.4) is 0 Å². The number of amides is 2. The maximum Gasteiger partial charge on any atom is 0.312 e. The number of ether oxygens (including phenoxy) is 1. The van der Waals surface area contributed by atoms with E-state index in [-0.39, 0.29) is 37.0 Å². The number of aliphatic hydroxyl groups is 1. The van der Waals surface area contributed by atoms with Gasteiger partial charge in [0.05, 0.1) is 11.0 Å². The summed E-state index contributed by atoms with van der Waals surface area (Å²) in [6.07, 6.45) is 5.22. The number of aryl methyl sites for hydroxylation is 1. The molecule has 4 saturated carbocycles. The van der Waals surface area contributed by atoms with Gasteiger partial charge in [-0.05, 0) is 94.7 Å². The number of carbonyl (C=O) groups is 3. The summed E-state index contributed by atoms with van der Waals surface area (Å²) in [5, 5.41) is 13.8. The van der Waals surface area contributed by atoms with Crippen LogP contribution in [0.25, 0.3) is 0 Å². The van der Waals surface area contributed by atoms with Gasteiger partial charge in [0.25, 0.3) is 5.91 Å². The summed E-state index contributed by atoms with van der Waals surface area (Å²) >= 11 is 0. The molecule has 34 heavy (non-hydrogen) atoms. The first-order valence-electron chi connectivity index (χ1n) is 12.6. The summed E-state index contributed by atoms with van der Waals surface area (Å²) < 4.78 is 5.57. The summed E-state index contributed by atoms with van der Waals surface area (Å²) in [7, 11) is 0. The summed E-state index contributed by atoms with van der Waals surface area (Å²) in [6.45, 7) is 7.29. The number of nitrogens with zero attached hydrogens (tertiary/aromatic N) is 1. The standard InChI is InChI=1S/C27H38N2O5/c1-5-18(3)29(14-23(30)28-22-8-6-7-17(2)19(22)4)24(31)15-34-25(32)26-10-20-9-21(11-26)13-27(33,12-20)16-26/h6-8,18,20-21,33H,5,9-16H2,1-4H3,(H,28,30)/t18-,20+,21+,26?,27?/m0/s1. The topological polar surface area (TPSA) is 95.9 Å². The van der Waals surface area contributed by atoms with E-state index in [2.05, 4.69) is 5.32 Å². The van der Waals surface area contributed by atoms with Gasteiger partial charge >= 0.3 is 5.97 Å². The zero-order valence-corrected chi connectivity index (χ0v) is 20.9. The molecule has 4 aliphatic carbocycles. The molecule has 0 aromatic heterocycles. The zero-order valence-electron chi connectivity index (χ0n) is 20.9. The lowest BCUT2D eigenvalue weighted by molar-refractivity contribution is -0.197. The van der Waals surface area contributed by atoms with Crippen molar-refractivity contribution in [1.29, 1.82) is 0 Å². The summed E-state index contributed by atoms with van der Waals surface area (Å²) in [6, 6.07) is 5.54. The molecule has 4 bridgehead atoms. The van der Waals surface area contributed by atoms with Crippen LogP contribution in [0.5, 0.6) is 0 Å². The molecule has 7 nitrogen and oxygen atoms in total. The second-order valence-corrected chi connectivity index (χ2v) is 11.1. The Kier molecular flexibility index (Phi) is 6.78. The van der Waals surface area contributed by atoms with E-state index < -0.39 is 11.0 Å². The van der Waals surface area contributed by atoms with E-state index in [9.17, 15) is 19.5 Å². The van der Waals surface area contributed by atoms with Gasteiger partial charge in [0.15, 0.2) is 6.61 Å². The molecular weight excluding hydrogens is 432 g/mol. The zero-order chi connectivity index (χ0) is 24.7. The predicted molar refractivity (Wildman–Crippen MR) is 129 cm³/mol. The van der Waals surface area contributed by atoms with Crippen LogP contribution in [0.15, 0.2) is 18.2 Å². The Morgan fingerprint density at radius 2 is 1.85 bits per heavy atom. The van der Waals surface area contributed by atoms with E-state index in [1.54, 1.807) is 0 Å². The third-order valence-electron chi connectivity index (χ3n) is 8.43. The van der Waals surface area contributed by atoms with Gasteiger partial charge in [-0.3, -0.25) is 14.4 Å². The molecule has 0 spiro atoms. The van der Waals surface area contributed by atoms with E-state index >= 15 is 0 Å². The first-order valence-corrected chi connectivity index (χ1v) is 12.6. The number of benzene rings is 1. The Balaban J connectivity index is 1.38. The van der Waals surface area contributed by atoms with Crippen LogP contribution in [-0.4, -0.2) is 52.6 Å². The molecule has 1 aromatic rings. The largest absolute Gasteiger partial charge is 0.455 e. The molecule has 0 radical (unpaired) electrons. The molecule has 0 aliphatic heterocycles. The van der Waals surface area contributed by atoms with Crippen molar-refractivity contribution in [1.82, 2.24) is 4.90 Å². The van der Waals surface area contributed by atoms with Crippen LogP contribution in [0.2, 0.25) is 0 Å². The quantitative estimate of drug-likeness (QED) is 0.564. The smallest absolute Gasteiger partial charge is 0.312 e. The minimum Gasteiger partial charge on any atom is -0.455 e. The third-order valence-corrected chi connectivity index (χ3v) is 8.43. The normalized spacial score (nSPS) is 30.0. The lowest BCUT2D eigenvalue weighted by Gasteiger charge is -2.58. The average molecular weight is 471 g/mol. The molecule has 1 aromatic carbocycles. The van der Waals surface area contributed by atoms with Crippen LogP contribution < -0.4 is 5.32 Å². The molecule has 0 heterocycles. The molecule has 186 valence electrons. The lowest BCUT2D eigenvalue weighted by atomic mass is 9.48. The predicted octanol–water partition coefficient (Wildman–Crippen LogP) is 3.74. The van der Waals surface area contributed by atoms with Crippen molar-refractivity contribution in [2.45, 2.75) is 84.3 Å². The van der Waals surface area contributed by atoms with Crippen molar-refractivity contribution in [3.8, 4) is 0 Å². The highest BCUT2D eigenvalue weighted by Gasteiger charge is 2.61. The van der Waals surface area contributed by atoms with E-state index in [1.165, 1.54) is 4.90 Å². The monoisotopic (exact) mass is 470 g/mol. The van der Waals surface area contributed by atoms with Gasteiger partial charge in [-0.2, -0.15) is 0 Å². The maximum absolute atomic E-state index is 13.2. The SMILES string of the molecule is CC[C@H](C)N(CC(=O)Nc1cccc(C)c1C)C(=O)COC(=O)C12C[C@H]3C[C@@H](CC(O)(C3)C1)C2. The minimum atomic E-state index is -0.762. The average Bonchev–Trinajstić information content (AvgIpc) is 2.76. The second kappa shape index (κ2) is 9.33. The van der Waals surface area contributed by atoms with Crippen molar-refractivity contribution >= 4 is 23.5 Å². The van der Waals surface area contributed by atoms with Gasteiger partial charge in [-0.25, -0.2) is 0 Å². The molecule has 5 rings (SSSR count). The molecular formula is C27H38N2O5. The molecule has 7 heteroatoms. The fraction of sp³-hybridized carbons (Fsp3) is 0.667. The lowest BCUT2D eigenvalue weighted by Crippen LogP contribution is -2.58. The van der Waals surface area contributed by atoms with Crippen LogP contribution in [0, 0.1) is 31.1 Å². The number of hydrogen-bond acceptors (Lipinski definition) is 5. The number of anilines is 1. The number of carbonyl (C=O) groups excluding carboxylic acids is 3. The first kappa shape index (κ1) is 24.7. The second-order valence-electron chi connectivity index (χ2n) is 11.1. The highest BCUT2D eigenvalue weighted by molar-refractivity contribution is 5.95. The van der Waals surface area contributed by atoms with E-state index in [0.29, 0.717) is 24.7 Å². The minimum absolute atomic E-state index is 0.103. The Bertz CT molecular complexity index is 960. The molecule has 4 aliphatic rings. The third kappa shape index (κ3) is 4.85. The number of rotatable bonds is 8.